The summed E-state index contributed by atoms with van der Waals surface area (Å²) in [6.45, 7) is 5.36. The van der Waals surface area contributed by atoms with E-state index in [-0.39, 0.29) is 0 Å². The van der Waals surface area contributed by atoms with Crippen LogP contribution in [0.4, 0.5) is 0 Å². The molecule has 100 valence electrons. The number of hydrogen-bond acceptors (Lipinski definition) is 3. The van der Waals surface area contributed by atoms with E-state index in [4.69, 9.17) is 5.11 Å². The predicted molar refractivity (Wildman–Crippen MR) is 76.8 cm³/mol. The first-order valence-electron chi connectivity index (χ1n) is 6.21. The van der Waals surface area contributed by atoms with Crippen LogP contribution in [-0.2, 0) is 11.3 Å². The Kier molecular flexibility index (Phi) is 6.09. The summed E-state index contributed by atoms with van der Waals surface area (Å²) >= 11 is 1.68. The van der Waals surface area contributed by atoms with Gasteiger partial charge < -0.3 is 5.11 Å². The van der Waals surface area contributed by atoms with E-state index in [0.29, 0.717) is 6.04 Å². The maximum atomic E-state index is 10.4. The lowest BCUT2D eigenvalue weighted by molar-refractivity contribution is -0.131. The molecule has 0 spiro atoms. The van der Waals surface area contributed by atoms with Gasteiger partial charge in [0.25, 0.3) is 0 Å². The van der Waals surface area contributed by atoms with Crippen molar-refractivity contribution in [3.8, 4) is 0 Å². The van der Waals surface area contributed by atoms with E-state index in [9.17, 15) is 4.79 Å². The molecule has 0 aliphatic carbocycles. The fraction of sp³-hybridized carbons (Fsp3) is 0.500. The molecule has 0 aliphatic heterocycles. The second-order valence-electron chi connectivity index (χ2n) is 4.57. The van der Waals surface area contributed by atoms with Gasteiger partial charge in [-0.25, -0.2) is 4.79 Å². The highest BCUT2D eigenvalue weighted by molar-refractivity contribution is 7.10. The SMILES string of the molecule is CCCC(C)N(C)Cc1cc(C=CC(=O)O)cs1. The maximum Gasteiger partial charge on any atom is 0.328 e. The summed E-state index contributed by atoms with van der Waals surface area (Å²) in [7, 11) is 2.13. The summed E-state index contributed by atoms with van der Waals surface area (Å²) in [5.41, 5.74) is 0.967. The third-order valence-corrected chi connectivity index (χ3v) is 3.90. The smallest absolute Gasteiger partial charge is 0.328 e. The van der Waals surface area contributed by atoms with Crippen LogP contribution in [0.25, 0.3) is 6.08 Å². The van der Waals surface area contributed by atoms with Crippen LogP contribution < -0.4 is 0 Å². The highest BCUT2D eigenvalue weighted by atomic mass is 32.1. The van der Waals surface area contributed by atoms with Crippen molar-refractivity contribution in [2.45, 2.75) is 39.3 Å². The normalized spacial score (nSPS) is 13.3. The van der Waals surface area contributed by atoms with Gasteiger partial charge in [0.1, 0.15) is 0 Å². The lowest BCUT2D eigenvalue weighted by Gasteiger charge is -2.23. The van der Waals surface area contributed by atoms with Crippen LogP contribution >= 0.6 is 11.3 Å². The van der Waals surface area contributed by atoms with Crippen molar-refractivity contribution in [2.24, 2.45) is 0 Å². The van der Waals surface area contributed by atoms with Crippen LogP contribution in [0.5, 0.6) is 0 Å². The summed E-state index contributed by atoms with van der Waals surface area (Å²) in [5, 5.41) is 10.6. The van der Waals surface area contributed by atoms with Gasteiger partial charge in [0.2, 0.25) is 0 Å². The van der Waals surface area contributed by atoms with E-state index < -0.39 is 5.97 Å². The van der Waals surface area contributed by atoms with Gasteiger partial charge in [-0.05, 0) is 43.5 Å². The fourth-order valence-corrected chi connectivity index (χ4v) is 2.69. The Morgan fingerprint density at radius 2 is 2.33 bits per heavy atom. The number of nitrogens with zero attached hydrogens (tertiary/aromatic N) is 1. The maximum absolute atomic E-state index is 10.4. The van der Waals surface area contributed by atoms with Crippen LogP contribution in [0.2, 0.25) is 0 Å². The van der Waals surface area contributed by atoms with Gasteiger partial charge in [-0.3, -0.25) is 4.90 Å². The van der Waals surface area contributed by atoms with Gasteiger partial charge in [-0.15, -0.1) is 11.3 Å². The minimum absolute atomic E-state index is 0.579. The largest absolute Gasteiger partial charge is 0.478 e. The molecule has 4 heteroatoms. The zero-order valence-electron chi connectivity index (χ0n) is 11.2. The van der Waals surface area contributed by atoms with E-state index in [2.05, 4.69) is 31.9 Å². The summed E-state index contributed by atoms with van der Waals surface area (Å²) < 4.78 is 0. The number of hydrogen-bond donors (Lipinski definition) is 1. The quantitative estimate of drug-likeness (QED) is 0.769. The molecule has 18 heavy (non-hydrogen) atoms. The van der Waals surface area contributed by atoms with E-state index >= 15 is 0 Å². The number of thiophene rings is 1. The average Bonchev–Trinajstić information content (AvgIpc) is 2.74. The Labute approximate surface area is 113 Å². The molecule has 0 aromatic carbocycles. The molecule has 1 aromatic rings. The van der Waals surface area contributed by atoms with Crippen LogP contribution in [-0.4, -0.2) is 29.1 Å². The first-order valence-corrected chi connectivity index (χ1v) is 7.09. The van der Waals surface area contributed by atoms with Crippen molar-refractivity contribution < 1.29 is 9.90 Å². The highest BCUT2D eigenvalue weighted by Crippen LogP contribution is 2.19. The Bertz CT molecular complexity index is 412. The van der Waals surface area contributed by atoms with Crippen molar-refractivity contribution in [1.29, 1.82) is 0 Å². The average molecular weight is 267 g/mol. The van der Waals surface area contributed by atoms with Crippen molar-refractivity contribution in [1.82, 2.24) is 4.90 Å². The van der Waals surface area contributed by atoms with Gasteiger partial charge in [-0.2, -0.15) is 0 Å². The first kappa shape index (κ1) is 14.9. The van der Waals surface area contributed by atoms with Crippen LogP contribution in [0.15, 0.2) is 17.5 Å². The summed E-state index contributed by atoms with van der Waals surface area (Å²) in [5.74, 6) is -0.906. The lowest BCUT2D eigenvalue weighted by atomic mass is 10.1. The summed E-state index contributed by atoms with van der Waals surface area (Å²) in [6, 6.07) is 2.63. The number of aliphatic carboxylic acids is 1. The third-order valence-electron chi connectivity index (χ3n) is 2.96. The topological polar surface area (TPSA) is 40.5 Å². The van der Waals surface area contributed by atoms with E-state index in [1.807, 2.05) is 5.38 Å². The molecule has 0 aliphatic rings. The number of carbonyl (C=O) groups is 1. The molecule has 0 amide bonds. The van der Waals surface area contributed by atoms with E-state index in [1.165, 1.54) is 23.8 Å². The highest BCUT2D eigenvalue weighted by Gasteiger charge is 2.09. The molecule has 0 saturated carbocycles. The zero-order chi connectivity index (χ0) is 13.5. The van der Waals surface area contributed by atoms with Crippen LogP contribution in [0, 0.1) is 0 Å². The molecule has 0 radical (unpaired) electrons. The molecule has 0 bridgehead atoms. The Hall–Kier alpha value is -1.13. The molecule has 0 saturated heterocycles. The molecular formula is C14H21NO2S. The minimum Gasteiger partial charge on any atom is -0.478 e. The number of carboxylic acid groups (broad SMARTS) is 1. The van der Waals surface area contributed by atoms with Gasteiger partial charge in [0, 0.05) is 23.5 Å². The second kappa shape index (κ2) is 7.34. The Morgan fingerprint density at radius 3 is 2.94 bits per heavy atom. The molecule has 3 nitrogen and oxygen atoms in total. The van der Waals surface area contributed by atoms with Crippen LogP contribution in [0.1, 0.15) is 37.1 Å². The fourth-order valence-electron chi connectivity index (χ4n) is 1.78. The number of rotatable bonds is 7. The monoisotopic (exact) mass is 267 g/mol. The lowest BCUT2D eigenvalue weighted by Crippen LogP contribution is -2.27. The molecule has 1 rings (SSSR count). The molecule has 1 aromatic heterocycles. The van der Waals surface area contributed by atoms with Crippen LogP contribution in [0.3, 0.4) is 0 Å². The Balaban J connectivity index is 2.55. The first-order chi connectivity index (χ1) is 8.52. The molecular weight excluding hydrogens is 246 g/mol. The second-order valence-corrected chi connectivity index (χ2v) is 5.57. The van der Waals surface area contributed by atoms with Crippen molar-refractivity contribution in [3.05, 3.63) is 28.0 Å². The molecule has 1 atom stereocenters. The van der Waals surface area contributed by atoms with Crippen molar-refractivity contribution in [3.63, 3.8) is 0 Å². The van der Waals surface area contributed by atoms with Gasteiger partial charge >= 0.3 is 5.97 Å². The molecule has 0 fully saturated rings. The third kappa shape index (κ3) is 5.02. The number of carboxylic acids is 1. The van der Waals surface area contributed by atoms with E-state index in [1.54, 1.807) is 17.4 Å². The minimum atomic E-state index is -0.906. The van der Waals surface area contributed by atoms with Crippen molar-refractivity contribution >= 4 is 23.4 Å². The van der Waals surface area contributed by atoms with Gasteiger partial charge in [0.05, 0.1) is 0 Å². The molecule has 1 N–H and O–H groups in total. The van der Waals surface area contributed by atoms with E-state index in [0.717, 1.165) is 12.1 Å². The predicted octanol–water partition coefficient (Wildman–Crippen LogP) is 3.47. The van der Waals surface area contributed by atoms with Crippen molar-refractivity contribution in [2.75, 3.05) is 7.05 Å². The molecule has 1 heterocycles. The summed E-state index contributed by atoms with van der Waals surface area (Å²) in [4.78, 5) is 14.0. The summed E-state index contributed by atoms with van der Waals surface area (Å²) in [6.07, 6.45) is 5.21. The molecule has 1 unspecified atom stereocenters. The van der Waals surface area contributed by atoms with Gasteiger partial charge in [0.15, 0.2) is 0 Å². The zero-order valence-corrected chi connectivity index (χ0v) is 12.0. The van der Waals surface area contributed by atoms with Gasteiger partial charge in [-0.1, -0.05) is 13.3 Å². The Morgan fingerprint density at radius 1 is 1.61 bits per heavy atom. The standard InChI is InChI=1S/C14H21NO2S/c1-4-5-11(2)15(3)9-13-8-12(10-18-13)6-7-14(16)17/h6-8,10-11H,4-5,9H2,1-3H3,(H,16,17).